The molecular formula is C15H13FN2O4S. The topological polar surface area (TPSA) is 106 Å². The Hall–Kier alpha value is -2.74. The summed E-state index contributed by atoms with van der Waals surface area (Å²) in [6.45, 7) is 0. The van der Waals surface area contributed by atoms with Crippen LogP contribution >= 0.6 is 0 Å². The zero-order valence-corrected chi connectivity index (χ0v) is 12.9. The first-order chi connectivity index (χ1) is 10.7. The third-order valence-electron chi connectivity index (χ3n) is 3.04. The third-order valence-corrected chi connectivity index (χ3v) is 4.19. The molecule has 0 bridgehead atoms. The summed E-state index contributed by atoms with van der Waals surface area (Å²) in [4.78, 5) is 21.9. The van der Waals surface area contributed by atoms with Crippen LogP contribution in [0.3, 0.4) is 0 Å². The Morgan fingerprint density at radius 3 is 2.35 bits per heavy atom. The lowest BCUT2D eigenvalue weighted by Crippen LogP contribution is -2.29. The molecular weight excluding hydrogens is 323 g/mol. The number of hydrogen-bond acceptors (Lipinski definition) is 4. The van der Waals surface area contributed by atoms with E-state index < -0.39 is 27.5 Å². The van der Waals surface area contributed by atoms with E-state index in [-0.39, 0.29) is 10.6 Å². The maximum absolute atomic E-state index is 14.1. The Bertz CT molecular complexity index is 894. The van der Waals surface area contributed by atoms with Crippen molar-refractivity contribution in [3.63, 3.8) is 0 Å². The fraction of sp³-hybridized carbons (Fsp3) is 0.0667. The first kappa shape index (κ1) is 16.6. The van der Waals surface area contributed by atoms with E-state index in [0.29, 0.717) is 11.1 Å². The van der Waals surface area contributed by atoms with E-state index in [2.05, 4.69) is 0 Å². The van der Waals surface area contributed by atoms with E-state index in [1.165, 1.54) is 18.2 Å². The summed E-state index contributed by atoms with van der Waals surface area (Å²) in [6.07, 6.45) is 1.06. The van der Waals surface area contributed by atoms with Gasteiger partial charge in [-0.2, -0.15) is 0 Å². The Labute approximate surface area is 132 Å². The SMILES string of the molecule is CS(=O)(=O)c1ccccc1-c1ccc(NC(=O)C(N)=O)c(F)c1. The molecule has 0 unspecified atom stereocenters. The van der Waals surface area contributed by atoms with Crippen LogP contribution < -0.4 is 11.1 Å². The predicted octanol–water partition coefficient (Wildman–Crippen LogP) is 1.32. The smallest absolute Gasteiger partial charge is 0.313 e. The molecule has 0 atom stereocenters. The zero-order valence-electron chi connectivity index (χ0n) is 12.0. The van der Waals surface area contributed by atoms with Gasteiger partial charge in [0.1, 0.15) is 5.82 Å². The van der Waals surface area contributed by atoms with Crippen molar-refractivity contribution in [2.24, 2.45) is 5.73 Å². The molecule has 120 valence electrons. The van der Waals surface area contributed by atoms with Gasteiger partial charge in [-0.1, -0.05) is 24.3 Å². The number of carbonyl (C=O) groups is 2. The highest BCUT2D eigenvalue weighted by molar-refractivity contribution is 7.90. The van der Waals surface area contributed by atoms with E-state index >= 15 is 0 Å². The molecule has 0 saturated heterocycles. The Kier molecular flexibility index (Phi) is 4.46. The average molecular weight is 336 g/mol. The molecule has 6 nitrogen and oxygen atoms in total. The molecule has 8 heteroatoms. The summed E-state index contributed by atoms with van der Waals surface area (Å²) in [5.74, 6) is -3.20. The van der Waals surface area contributed by atoms with E-state index in [4.69, 9.17) is 5.73 Å². The monoisotopic (exact) mass is 336 g/mol. The Morgan fingerprint density at radius 2 is 1.78 bits per heavy atom. The number of nitrogens with one attached hydrogen (secondary N) is 1. The zero-order chi connectivity index (χ0) is 17.2. The molecule has 0 aromatic heterocycles. The number of carbonyl (C=O) groups excluding carboxylic acids is 2. The van der Waals surface area contributed by atoms with Gasteiger partial charge in [0.15, 0.2) is 9.84 Å². The van der Waals surface area contributed by atoms with Gasteiger partial charge in [0, 0.05) is 11.8 Å². The minimum absolute atomic E-state index is 0.0633. The molecule has 2 amide bonds. The lowest BCUT2D eigenvalue weighted by Gasteiger charge is -2.10. The van der Waals surface area contributed by atoms with Crippen LogP contribution in [0.15, 0.2) is 47.4 Å². The molecule has 0 radical (unpaired) electrons. The number of benzene rings is 2. The van der Waals surface area contributed by atoms with Crippen LogP contribution in [0.4, 0.5) is 10.1 Å². The van der Waals surface area contributed by atoms with Crippen molar-refractivity contribution in [1.29, 1.82) is 0 Å². The third kappa shape index (κ3) is 3.72. The van der Waals surface area contributed by atoms with Gasteiger partial charge in [0.25, 0.3) is 0 Å². The van der Waals surface area contributed by atoms with Crippen molar-refractivity contribution in [1.82, 2.24) is 0 Å². The van der Waals surface area contributed by atoms with Crippen LogP contribution in [-0.2, 0) is 19.4 Å². The van der Waals surface area contributed by atoms with Crippen molar-refractivity contribution in [2.45, 2.75) is 4.90 Å². The van der Waals surface area contributed by atoms with Gasteiger partial charge < -0.3 is 11.1 Å². The van der Waals surface area contributed by atoms with Crippen molar-refractivity contribution in [3.05, 3.63) is 48.3 Å². The number of primary amides is 1. The van der Waals surface area contributed by atoms with Gasteiger partial charge in [-0.05, 0) is 23.8 Å². The highest BCUT2D eigenvalue weighted by atomic mass is 32.2. The van der Waals surface area contributed by atoms with E-state index in [9.17, 15) is 22.4 Å². The molecule has 3 N–H and O–H groups in total. The molecule has 23 heavy (non-hydrogen) atoms. The molecule has 0 fully saturated rings. The van der Waals surface area contributed by atoms with Gasteiger partial charge >= 0.3 is 11.8 Å². The van der Waals surface area contributed by atoms with Gasteiger partial charge in [-0.25, -0.2) is 12.8 Å². The molecule has 0 heterocycles. The molecule has 0 saturated carbocycles. The minimum atomic E-state index is -3.49. The summed E-state index contributed by atoms with van der Waals surface area (Å²) in [5.41, 5.74) is 5.21. The number of anilines is 1. The first-order valence-electron chi connectivity index (χ1n) is 6.40. The summed E-state index contributed by atoms with van der Waals surface area (Å²) < 4.78 is 37.7. The van der Waals surface area contributed by atoms with Gasteiger partial charge in [-0.3, -0.25) is 9.59 Å². The number of halogens is 1. The van der Waals surface area contributed by atoms with Crippen LogP contribution in [0.1, 0.15) is 0 Å². The molecule has 0 aliphatic carbocycles. The first-order valence-corrected chi connectivity index (χ1v) is 8.29. The summed E-state index contributed by atoms with van der Waals surface area (Å²) >= 11 is 0. The summed E-state index contributed by atoms with van der Waals surface area (Å²) in [5, 5.41) is 2.03. The maximum atomic E-state index is 14.1. The molecule has 0 spiro atoms. The highest BCUT2D eigenvalue weighted by Gasteiger charge is 2.16. The van der Waals surface area contributed by atoms with Crippen molar-refractivity contribution in [2.75, 3.05) is 11.6 Å². The van der Waals surface area contributed by atoms with Crippen molar-refractivity contribution < 1.29 is 22.4 Å². The Balaban J connectivity index is 2.47. The number of amides is 2. The second-order valence-corrected chi connectivity index (χ2v) is 6.77. The second kappa shape index (κ2) is 6.17. The van der Waals surface area contributed by atoms with Gasteiger partial charge in [0.2, 0.25) is 0 Å². The van der Waals surface area contributed by atoms with Gasteiger partial charge in [-0.15, -0.1) is 0 Å². The number of hydrogen-bond donors (Lipinski definition) is 2. The Morgan fingerprint density at radius 1 is 1.13 bits per heavy atom. The quantitative estimate of drug-likeness (QED) is 0.824. The normalized spacial score (nSPS) is 11.0. The fourth-order valence-electron chi connectivity index (χ4n) is 2.00. The van der Waals surface area contributed by atoms with Crippen LogP contribution in [0.25, 0.3) is 11.1 Å². The minimum Gasteiger partial charge on any atom is -0.361 e. The standard InChI is InChI=1S/C15H13FN2O4S/c1-23(21,22)13-5-3-2-4-10(13)9-6-7-12(11(16)8-9)18-15(20)14(17)19/h2-8H,1H3,(H2,17,19)(H,18,20). The van der Waals surface area contributed by atoms with Crippen LogP contribution in [0.2, 0.25) is 0 Å². The fourth-order valence-corrected chi connectivity index (χ4v) is 2.91. The van der Waals surface area contributed by atoms with E-state index in [1.54, 1.807) is 18.2 Å². The van der Waals surface area contributed by atoms with Crippen LogP contribution in [0.5, 0.6) is 0 Å². The van der Waals surface area contributed by atoms with Gasteiger partial charge in [0.05, 0.1) is 10.6 Å². The second-order valence-electron chi connectivity index (χ2n) is 4.78. The lowest BCUT2D eigenvalue weighted by molar-refractivity contribution is -0.134. The number of nitrogens with two attached hydrogens (primary N) is 1. The molecule has 0 aliphatic heterocycles. The molecule has 2 aromatic carbocycles. The summed E-state index contributed by atoms with van der Waals surface area (Å²) in [6, 6.07) is 9.90. The van der Waals surface area contributed by atoms with Crippen molar-refractivity contribution >= 4 is 27.3 Å². The predicted molar refractivity (Wildman–Crippen MR) is 82.8 cm³/mol. The largest absolute Gasteiger partial charge is 0.361 e. The van der Waals surface area contributed by atoms with E-state index in [1.807, 2.05) is 5.32 Å². The summed E-state index contributed by atoms with van der Waals surface area (Å²) in [7, 11) is -3.49. The van der Waals surface area contributed by atoms with Crippen molar-refractivity contribution in [3.8, 4) is 11.1 Å². The average Bonchev–Trinajstić information content (AvgIpc) is 2.48. The highest BCUT2D eigenvalue weighted by Crippen LogP contribution is 2.29. The van der Waals surface area contributed by atoms with Crippen LogP contribution in [-0.4, -0.2) is 26.5 Å². The molecule has 2 rings (SSSR count). The van der Waals surface area contributed by atoms with Crippen LogP contribution in [0, 0.1) is 5.82 Å². The lowest BCUT2D eigenvalue weighted by atomic mass is 10.0. The molecule has 2 aromatic rings. The van der Waals surface area contributed by atoms with E-state index in [0.717, 1.165) is 12.3 Å². The number of rotatable bonds is 3. The number of sulfone groups is 1. The molecule has 0 aliphatic rings. The maximum Gasteiger partial charge on any atom is 0.313 e.